The van der Waals surface area contributed by atoms with E-state index in [9.17, 15) is 0 Å². The van der Waals surface area contributed by atoms with Crippen molar-refractivity contribution < 1.29 is 11.2 Å². The van der Waals surface area contributed by atoms with Crippen LogP contribution < -0.4 is 11.5 Å². The molecule has 0 aromatic carbocycles. The zero-order valence-electron chi connectivity index (χ0n) is 6.26. The molecule has 1 fully saturated rings. The van der Waals surface area contributed by atoms with Crippen LogP contribution in [0.3, 0.4) is 0 Å². The average molecular weight is 563 g/mol. The Morgan fingerprint density at radius 1 is 1.00 bits per heavy atom. The Labute approximate surface area is 97.8 Å². The first-order valence-electron chi connectivity index (χ1n) is 3.52. The van der Waals surface area contributed by atoms with E-state index < -0.39 is 0 Å². The summed E-state index contributed by atoms with van der Waals surface area (Å²) in [6.07, 6.45) is 5.76. The second-order valence-electron chi connectivity index (χ2n) is 2.84. The fourth-order valence-corrected chi connectivity index (χ4v) is 1.21. The van der Waals surface area contributed by atoms with Crippen LogP contribution in [0.1, 0.15) is 32.1 Å². The van der Waals surface area contributed by atoms with Crippen LogP contribution in [-0.2, 0) is 11.2 Å². The van der Waals surface area contributed by atoms with E-state index in [1.165, 1.54) is 19.3 Å². The number of rotatable bonds is 0. The minimum atomic E-state index is -0.321. The van der Waals surface area contributed by atoms with Gasteiger partial charge >= 0.3 is 49.9 Å². The third kappa shape index (κ3) is 8.40. The van der Waals surface area contributed by atoms with Gasteiger partial charge in [-0.15, -0.1) is 0 Å². The summed E-state index contributed by atoms with van der Waals surface area (Å²) in [6, 6.07) is 0. The van der Waals surface area contributed by atoms with Gasteiger partial charge in [-0.1, -0.05) is 19.3 Å². The van der Waals surface area contributed by atoms with E-state index in [2.05, 4.69) is 38.7 Å². The maximum atomic E-state index is 5.66. The summed E-state index contributed by atoms with van der Waals surface area (Å²) in [7, 11) is 0. The first-order valence-corrected chi connectivity index (χ1v) is 16.4. The number of nitrogens with two attached hydrogens (primary N) is 2. The van der Waals surface area contributed by atoms with Gasteiger partial charge in [-0.25, -0.2) is 0 Å². The van der Waals surface area contributed by atoms with Crippen LogP contribution in [0.15, 0.2) is 0 Å². The molecule has 0 amide bonds. The molecule has 5 heteroatoms. The first-order chi connectivity index (χ1) is 5.12. The fourth-order valence-electron chi connectivity index (χ4n) is 1.21. The Morgan fingerprint density at radius 3 is 1.55 bits per heavy atom. The van der Waals surface area contributed by atoms with Crippen molar-refractivity contribution in [2.75, 3.05) is 0 Å². The quantitative estimate of drug-likeness (QED) is 0.352. The molecule has 0 unspecified atom stereocenters. The molecule has 0 aromatic heterocycles. The van der Waals surface area contributed by atoms with Gasteiger partial charge in [0.25, 0.3) is 0 Å². The fraction of sp³-hybridized carbons (Fsp3) is 1.00. The number of halogens is 2. The molecular weight excluding hydrogens is 549 g/mol. The summed E-state index contributed by atoms with van der Waals surface area (Å²) in [5, 5.41) is 0. The van der Waals surface area contributed by atoms with Gasteiger partial charge in [0.1, 0.15) is 0 Å². The van der Waals surface area contributed by atoms with E-state index in [0.29, 0.717) is 11.2 Å². The summed E-state index contributed by atoms with van der Waals surface area (Å²) in [6.45, 7) is 0. The standard InChI is InChI=1S/C6H14N2.2HI.Pt/c7-6(8)4-2-1-3-5-6;;;/h1-5,7-8H2;2*1H;/q;;;+2/p-2. The van der Waals surface area contributed by atoms with E-state index in [1.807, 2.05) is 0 Å². The zero-order valence-corrected chi connectivity index (χ0v) is 12.8. The van der Waals surface area contributed by atoms with Crippen molar-refractivity contribution in [2.45, 2.75) is 37.8 Å². The van der Waals surface area contributed by atoms with Gasteiger partial charge in [-0.3, -0.25) is 0 Å². The van der Waals surface area contributed by atoms with E-state index in [-0.39, 0.29) is 5.66 Å². The summed E-state index contributed by atoms with van der Waals surface area (Å²) >= 11 is 5.30. The Morgan fingerprint density at radius 2 is 1.36 bits per heavy atom. The summed E-state index contributed by atoms with van der Waals surface area (Å²) in [5.41, 5.74) is 11.0. The normalized spacial score (nSPS) is 22.2. The molecule has 11 heavy (non-hydrogen) atoms. The minimum absolute atomic E-state index is 0.321. The molecule has 0 bridgehead atoms. The molecule has 0 spiro atoms. The van der Waals surface area contributed by atoms with E-state index in [1.54, 1.807) is 0 Å². The maximum absolute atomic E-state index is 5.66. The summed E-state index contributed by atoms with van der Waals surface area (Å²) < 4.78 is 0. The van der Waals surface area contributed by atoms with Crippen molar-refractivity contribution in [2.24, 2.45) is 11.5 Å². The van der Waals surface area contributed by atoms with Crippen molar-refractivity contribution in [3.8, 4) is 0 Å². The van der Waals surface area contributed by atoms with Crippen molar-refractivity contribution in [3.05, 3.63) is 0 Å². The van der Waals surface area contributed by atoms with E-state index in [0.717, 1.165) is 12.8 Å². The van der Waals surface area contributed by atoms with Crippen molar-refractivity contribution in [3.63, 3.8) is 0 Å². The molecule has 4 N–H and O–H groups in total. The molecule has 1 aliphatic carbocycles. The zero-order chi connectivity index (χ0) is 8.74. The van der Waals surface area contributed by atoms with Gasteiger partial charge in [-0.2, -0.15) is 0 Å². The van der Waals surface area contributed by atoms with Crippen LogP contribution in [-0.4, -0.2) is 5.66 Å². The predicted octanol–water partition coefficient (Wildman–Crippen LogP) is 2.33. The van der Waals surface area contributed by atoms with Crippen LogP contribution in [0.2, 0.25) is 0 Å². The molecule has 0 aromatic rings. The van der Waals surface area contributed by atoms with Crippen LogP contribution in [0.25, 0.3) is 0 Å². The Kier molecular flexibility index (Phi) is 8.87. The van der Waals surface area contributed by atoms with E-state index in [4.69, 9.17) is 11.5 Å². The molecule has 0 saturated heterocycles. The van der Waals surface area contributed by atoms with Gasteiger partial charge in [0.2, 0.25) is 0 Å². The molecule has 0 aliphatic heterocycles. The summed E-state index contributed by atoms with van der Waals surface area (Å²) in [5.74, 6) is 0. The topological polar surface area (TPSA) is 52.0 Å². The molecule has 2 nitrogen and oxygen atoms in total. The second-order valence-corrected chi connectivity index (χ2v) is 19.4. The third-order valence-corrected chi connectivity index (χ3v) is 1.78. The van der Waals surface area contributed by atoms with Gasteiger partial charge in [-0.05, 0) is 12.8 Å². The Hall–Kier alpha value is 2.07. The van der Waals surface area contributed by atoms with Crippen LogP contribution in [0, 0.1) is 0 Å². The second kappa shape index (κ2) is 7.47. The molecule has 1 aliphatic rings. The van der Waals surface area contributed by atoms with Crippen LogP contribution in [0.4, 0.5) is 0 Å². The number of hydrogen-bond donors (Lipinski definition) is 2. The monoisotopic (exact) mass is 563 g/mol. The molecule has 0 atom stereocenters. The van der Waals surface area contributed by atoms with Crippen molar-refractivity contribution in [1.29, 1.82) is 0 Å². The van der Waals surface area contributed by atoms with Crippen LogP contribution >= 0.6 is 38.7 Å². The SMILES string of the molecule is NC1(N)CCCCC1.[I][Pt][I]. The van der Waals surface area contributed by atoms with Crippen molar-refractivity contribution >= 4 is 38.7 Å². The first kappa shape index (κ1) is 13.1. The van der Waals surface area contributed by atoms with Gasteiger partial charge in [0.05, 0.1) is 5.66 Å². The van der Waals surface area contributed by atoms with Crippen LogP contribution in [0.5, 0.6) is 0 Å². The van der Waals surface area contributed by atoms with Gasteiger partial charge in [0.15, 0.2) is 0 Å². The predicted molar refractivity (Wildman–Crippen MR) is 62.2 cm³/mol. The van der Waals surface area contributed by atoms with Gasteiger partial charge < -0.3 is 11.5 Å². The molecule has 72 valence electrons. The number of hydrogen-bond acceptors (Lipinski definition) is 2. The molecule has 1 saturated carbocycles. The van der Waals surface area contributed by atoms with Crippen molar-refractivity contribution in [1.82, 2.24) is 0 Å². The Bertz CT molecular complexity index is 92.6. The van der Waals surface area contributed by atoms with E-state index >= 15 is 0 Å². The summed E-state index contributed by atoms with van der Waals surface area (Å²) in [4.78, 5) is 0. The molecule has 1 rings (SSSR count). The molecule has 0 radical (unpaired) electrons. The Balaban J connectivity index is 0.000000292. The molecular formula is C6H14I2N2Pt. The molecule has 0 heterocycles. The van der Waals surface area contributed by atoms with Gasteiger partial charge in [0, 0.05) is 0 Å². The third-order valence-electron chi connectivity index (χ3n) is 1.78. The average Bonchev–Trinajstić information content (AvgIpc) is 1.88.